The van der Waals surface area contributed by atoms with Gasteiger partial charge in [-0.05, 0) is 26.2 Å². The molecule has 0 rings (SSSR count). The smallest absolute Gasteiger partial charge is 0.249 e. The van der Waals surface area contributed by atoms with Gasteiger partial charge in [0.2, 0.25) is 5.91 Å². The normalized spacial score (nSPS) is 16.4. The van der Waals surface area contributed by atoms with Crippen molar-refractivity contribution in [3.63, 3.8) is 0 Å². The van der Waals surface area contributed by atoms with E-state index in [0.29, 0.717) is 13.2 Å². The zero-order chi connectivity index (χ0) is 13.5. The molecule has 0 saturated carbocycles. The molecule has 0 aromatic rings. The minimum atomic E-state index is -0.459. The molecule has 1 amide bonds. The lowest BCUT2D eigenvalue weighted by atomic mass is 9.88. The number of hydrogen-bond acceptors (Lipinski definition) is 3. The predicted molar refractivity (Wildman–Crippen MR) is 70.7 cm³/mol. The van der Waals surface area contributed by atoms with Gasteiger partial charge >= 0.3 is 0 Å². The Morgan fingerprint density at radius 2 is 2.12 bits per heavy atom. The SMILES string of the molecule is C=CCCOC(C)C(=O)NC(C)(CN)C(C)C. The minimum absolute atomic E-state index is 0.115. The Kier molecular flexibility index (Phi) is 7.07. The summed E-state index contributed by atoms with van der Waals surface area (Å²) in [6.07, 6.45) is 2.05. The Morgan fingerprint density at radius 1 is 1.53 bits per heavy atom. The standard InChI is InChI=1S/C13H26N2O2/c1-6-7-8-17-11(4)12(16)15-13(5,9-14)10(2)3/h6,10-11H,1,7-9,14H2,2-5H3,(H,15,16). The maximum Gasteiger partial charge on any atom is 0.249 e. The van der Waals surface area contributed by atoms with Crippen LogP contribution >= 0.6 is 0 Å². The van der Waals surface area contributed by atoms with Gasteiger partial charge in [0.15, 0.2) is 0 Å². The first kappa shape index (κ1) is 16.1. The summed E-state index contributed by atoms with van der Waals surface area (Å²) < 4.78 is 5.39. The number of ether oxygens (including phenoxy) is 1. The van der Waals surface area contributed by atoms with E-state index in [0.717, 1.165) is 6.42 Å². The zero-order valence-electron chi connectivity index (χ0n) is 11.5. The predicted octanol–water partition coefficient (Wildman–Crippen LogP) is 1.46. The van der Waals surface area contributed by atoms with Crippen molar-refractivity contribution in [1.29, 1.82) is 0 Å². The zero-order valence-corrected chi connectivity index (χ0v) is 11.5. The molecule has 0 aliphatic heterocycles. The number of rotatable bonds is 8. The molecule has 0 aromatic heterocycles. The van der Waals surface area contributed by atoms with Gasteiger partial charge in [-0.1, -0.05) is 19.9 Å². The van der Waals surface area contributed by atoms with E-state index in [1.54, 1.807) is 13.0 Å². The highest BCUT2D eigenvalue weighted by molar-refractivity contribution is 5.81. The largest absolute Gasteiger partial charge is 0.368 e. The molecule has 0 aliphatic carbocycles. The van der Waals surface area contributed by atoms with Gasteiger partial charge in [-0.25, -0.2) is 0 Å². The number of hydrogen-bond donors (Lipinski definition) is 2. The first-order valence-electron chi connectivity index (χ1n) is 6.12. The van der Waals surface area contributed by atoms with Gasteiger partial charge in [-0.2, -0.15) is 0 Å². The number of nitrogens with two attached hydrogens (primary N) is 1. The van der Waals surface area contributed by atoms with Crippen LogP contribution in [0.1, 0.15) is 34.1 Å². The van der Waals surface area contributed by atoms with Crippen molar-refractivity contribution >= 4 is 5.91 Å². The molecule has 2 unspecified atom stereocenters. The molecule has 17 heavy (non-hydrogen) atoms. The van der Waals surface area contributed by atoms with Gasteiger partial charge in [0, 0.05) is 6.54 Å². The third-order valence-corrected chi connectivity index (χ3v) is 3.17. The van der Waals surface area contributed by atoms with Crippen LogP contribution in [-0.4, -0.2) is 30.7 Å². The first-order valence-corrected chi connectivity index (χ1v) is 6.12. The molecule has 0 fully saturated rings. The number of amides is 1. The van der Waals surface area contributed by atoms with E-state index in [2.05, 4.69) is 11.9 Å². The van der Waals surface area contributed by atoms with E-state index < -0.39 is 6.10 Å². The van der Waals surface area contributed by atoms with E-state index in [9.17, 15) is 4.79 Å². The molecule has 0 aromatic carbocycles. The van der Waals surface area contributed by atoms with Crippen molar-refractivity contribution in [3.05, 3.63) is 12.7 Å². The highest BCUT2D eigenvalue weighted by Gasteiger charge is 2.30. The summed E-state index contributed by atoms with van der Waals surface area (Å²) in [6, 6.07) is 0. The van der Waals surface area contributed by atoms with E-state index >= 15 is 0 Å². The molecule has 4 heteroatoms. The Bertz CT molecular complexity index is 254. The van der Waals surface area contributed by atoms with Gasteiger partial charge in [0.25, 0.3) is 0 Å². The van der Waals surface area contributed by atoms with Crippen LogP contribution in [0.25, 0.3) is 0 Å². The molecule has 3 N–H and O–H groups in total. The average molecular weight is 242 g/mol. The summed E-state index contributed by atoms with van der Waals surface area (Å²) in [5, 5.41) is 2.95. The maximum absolute atomic E-state index is 11.9. The van der Waals surface area contributed by atoms with Gasteiger partial charge in [0.05, 0.1) is 12.1 Å². The second-order valence-corrected chi connectivity index (χ2v) is 4.86. The third-order valence-electron chi connectivity index (χ3n) is 3.17. The Labute approximate surface area is 105 Å². The van der Waals surface area contributed by atoms with Crippen LogP contribution in [0.2, 0.25) is 0 Å². The van der Waals surface area contributed by atoms with Crippen molar-refractivity contribution in [1.82, 2.24) is 5.32 Å². The fourth-order valence-corrected chi connectivity index (χ4v) is 1.22. The summed E-state index contributed by atoms with van der Waals surface area (Å²) >= 11 is 0. The fraction of sp³-hybridized carbons (Fsp3) is 0.769. The van der Waals surface area contributed by atoms with Crippen molar-refractivity contribution < 1.29 is 9.53 Å². The van der Waals surface area contributed by atoms with Crippen LogP contribution in [0.15, 0.2) is 12.7 Å². The van der Waals surface area contributed by atoms with Gasteiger partial charge < -0.3 is 15.8 Å². The van der Waals surface area contributed by atoms with Crippen molar-refractivity contribution in [3.8, 4) is 0 Å². The number of carbonyl (C=O) groups excluding carboxylic acids is 1. The Morgan fingerprint density at radius 3 is 2.53 bits per heavy atom. The summed E-state index contributed by atoms with van der Waals surface area (Å²) in [7, 11) is 0. The summed E-state index contributed by atoms with van der Waals surface area (Å²) in [4.78, 5) is 11.9. The highest BCUT2D eigenvalue weighted by Crippen LogP contribution is 2.15. The molecule has 0 saturated heterocycles. The minimum Gasteiger partial charge on any atom is -0.368 e. The molecule has 0 radical (unpaired) electrons. The fourth-order valence-electron chi connectivity index (χ4n) is 1.22. The van der Waals surface area contributed by atoms with Crippen LogP contribution in [0.4, 0.5) is 0 Å². The van der Waals surface area contributed by atoms with Crippen molar-refractivity contribution in [2.45, 2.75) is 45.8 Å². The first-order chi connectivity index (χ1) is 7.87. The maximum atomic E-state index is 11.9. The lowest BCUT2D eigenvalue weighted by Gasteiger charge is -2.34. The van der Waals surface area contributed by atoms with E-state index in [4.69, 9.17) is 10.5 Å². The van der Waals surface area contributed by atoms with Crippen molar-refractivity contribution in [2.75, 3.05) is 13.2 Å². The summed E-state index contributed by atoms with van der Waals surface area (Å²) in [5.41, 5.74) is 5.33. The summed E-state index contributed by atoms with van der Waals surface area (Å²) in [6.45, 7) is 12.3. The van der Waals surface area contributed by atoms with Gasteiger partial charge in [-0.3, -0.25) is 4.79 Å². The molecule has 100 valence electrons. The molecule has 0 aliphatic rings. The van der Waals surface area contributed by atoms with E-state index in [-0.39, 0.29) is 17.4 Å². The van der Waals surface area contributed by atoms with E-state index in [1.165, 1.54) is 0 Å². The van der Waals surface area contributed by atoms with Crippen LogP contribution in [0.5, 0.6) is 0 Å². The molecule has 0 heterocycles. The second kappa shape index (κ2) is 7.45. The number of carbonyl (C=O) groups is 1. The highest BCUT2D eigenvalue weighted by atomic mass is 16.5. The number of nitrogens with one attached hydrogen (secondary N) is 1. The van der Waals surface area contributed by atoms with Crippen LogP contribution < -0.4 is 11.1 Å². The van der Waals surface area contributed by atoms with Crippen LogP contribution in [0, 0.1) is 5.92 Å². The lowest BCUT2D eigenvalue weighted by molar-refractivity contribution is -0.134. The van der Waals surface area contributed by atoms with Gasteiger partial charge in [-0.15, -0.1) is 6.58 Å². The molecule has 0 bridgehead atoms. The molecular formula is C13H26N2O2. The average Bonchev–Trinajstić information content (AvgIpc) is 2.28. The third kappa shape index (κ3) is 5.33. The van der Waals surface area contributed by atoms with E-state index in [1.807, 2.05) is 20.8 Å². The summed E-state index contributed by atoms with van der Waals surface area (Å²) in [5.74, 6) is 0.160. The molecule has 4 nitrogen and oxygen atoms in total. The van der Waals surface area contributed by atoms with Crippen molar-refractivity contribution in [2.24, 2.45) is 11.7 Å². The Hall–Kier alpha value is -0.870. The monoisotopic (exact) mass is 242 g/mol. The lowest BCUT2D eigenvalue weighted by Crippen LogP contribution is -2.57. The Balaban J connectivity index is 4.26. The topological polar surface area (TPSA) is 64.3 Å². The molecule has 0 spiro atoms. The van der Waals surface area contributed by atoms with Crippen LogP contribution in [0.3, 0.4) is 0 Å². The quantitative estimate of drug-likeness (QED) is 0.500. The molecule has 2 atom stereocenters. The van der Waals surface area contributed by atoms with Gasteiger partial charge in [0.1, 0.15) is 6.10 Å². The second-order valence-electron chi connectivity index (χ2n) is 4.86. The van der Waals surface area contributed by atoms with Crippen LogP contribution in [-0.2, 0) is 9.53 Å². The molecular weight excluding hydrogens is 216 g/mol.